The molecule has 0 aromatic carbocycles. The second-order valence-corrected chi connectivity index (χ2v) is 6.70. The Morgan fingerprint density at radius 1 is 1.23 bits per heavy atom. The van der Waals surface area contributed by atoms with Crippen molar-refractivity contribution in [2.75, 3.05) is 6.54 Å². The first-order chi connectivity index (χ1) is 10.1. The van der Waals surface area contributed by atoms with Gasteiger partial charge in [0.1, 0.15) is 18.3 Å². The van der Waals surface area contributed by atoms with Crippen molar-refractivity contribution in [3.63, 3.8) is 0 Å². The van der Waals surface area contributed by atoms with Gasteiger partial charge in [0.05, 0.1) is 12.1 Å². The molecule has 0 aliphatic heterocycles. The molecule has 0 aliphatic rings. The zero-order chi connectivity index (χ0) is 16.8. The van der Waals surface area contributed by atoms with Gasteiger partial charge in [-0.3, -0.25) is 9.48 Å². The lowest BCUT2D eigenvalue weighted by Gasteiger charge is -2.27. The van der Waals surface area contributed by atoms with Gasteiger partial charge >= 0.3 is 6.09 Å². The van der Waals surface area contributed by atoms with E-state index in [9.17, 15) is 9.59 Å². The van der Waals surface area contributed by atoms with Gasteiger partial charge in [-0.15, -0.1) is 0 Å². The first-order valence-electron chi connectivity index (χ1n) is 7.18. The van der Waals surface area contributed by atoms with E-state index >= 15 is 0 Å². The van der Waals surface area contributed by atoms with E-state index in [0.29, 0.717) is 13.0 Å². The summed E-state index contributed by atoms with van der Waals surface area (Å²) in [4.78, 5) is 27.3. The molecule has 0 unspecified atom stereocenters. The number of hydrogen-bond donors (Lipinski definition) is 2. The summed E-state index contributed by atoms with van der Waals surface area (Å²) in [5.41, 5.74) is -1.12. The van der Waals surface area contributed by atoms with Crippen LogP contribution in [0.25, 0.3) is 0 Å². The first kappa shape index (κ1) is 17.9. The van der Waals surface area contributed by atoms with E-state index in [0.717, 1.165) is 0 Å². The van der Waals surface area contributed by atoms with Crippen LogP contribution in [0.2, 0.25) is 0 Å². The van der Waals surface area contributed by atoms with Gasteiger partial charge < -0.3 is 15.4 Å². The minimum Gasteiger partial charge on any atom is -0.444 e. The molecule has 2 N–H and O–H groups in total. The van der Waals surface area contributed by atoms with Crippen molar-refractivity contribution >= 4 is 12.0 Å². The maximum atomic E-state index is 11.9. The van der Waals surface area contributed by atoms with E-state index in [1.54, 1.807) is 31.8 Å². The van der Waals surface area contributed by atoms with Crippen LogP contribution >= 0.6 is 0 Å². The smallest absolute Gasteiger partial charge is 0.407 e. The van der Waals surface area contributed by atoms with Crippen molar-refractivity contribution in [2.45, 2.75) is 58.7 Å². The first-order valence-corrected chi connectivity index (χ1v) is 7.18. The quantitative estimate of drug-likeness (QED) is 0.819. The zero-order valence-electron chi connectivity index (χ0n) is 13.8. The van der Waals surface area contributed by atoms with Gasteiger partial charge in [-0.25, -0.2) is 9.78 Å². The molecule has 0 fully saturated rings. The number of carbonyl (C=O) groups excluding carboxylic acids is 2. The van der Waals surface area contributed by atoms with Gasteiger partial charge in [-0.05, 0) is 34.6 Å². The normalized spacial score (nSPS) is 11.9. The maximum absolute atomic E-state index is 11.9. The molecule has 8 nitrogen and oxygen atoms in total. The highest BCUT2D eigenvalue weighted by atomic mass is 16.6. The molecule has 22 heavy (non-hydrogen) atoms. The van der Waals surface area contributed by atoms with E-state index < -0.39 is 17.2 Å². The molecule has 8 heteroatoms. The molecule has 0 spiro atoms. The zero-order valence-corrected chi connectivity index (χ0v) is 13.8. The number of carbonyl (C=O) groups is 2. The molecule has 0 saturated carbocycles. The Hall–Kier alpha value is -2.12. The number of rotatable bonds is 6. The number of aromatic nitrogens is 3. The third kappa shape index (κ3) is 7.61. The topological polar surface area (TPSA) is 98.1 Å². The van der Waals surface area contributed by atoms with Gasteiger partial charge in [0.25, 0.3) is 0 Å². The molecule has 0 atom stereocenters. The molecule has 1 heterocycles. The van der Waals surface area contributed by atoms with Crippen molar-refractivity contribution in [1.29, 1.82) is 0 Å². The fourth-order valence-electron chi connectivity index (χ4n) is 1.66. The van der Waals surface area contributed by atoms with Gasteiger partial charge in [-0.2, -0.15) is 5.10 Å². The third-order valence-corrected chi connectivity index (χ3v) is 2.59. The van der Waals surface area contributed by atoms with Crippen LogP contribution in [0.3, 0.4) is 0 Å². The van der Waals surface area contributed by atoms with Crippen molar-refractivity contribution in [3.05, 3.63) is 12.7 Å². The fraction of sp³-hybridized carbons (Fsp3) is 0.714. The number of aryl methyl sites for hydroxylation is 1. The second kappa shape index (κ2) is 7.24. The number of amides is 2. The Labute approximate surface area is 130 Å². The largest absolute Gasteiger partial charge is 0.444 e. The van der Waals surface area contributed by atoms with E-state index in [2.05, 4.69) is 20.7 Å². The number of alkyl carbamates (subject to hydrolysis) is 1. The molecule has 0 aliphatic carbocycles. The van der Waals surface area contributed by atoms with Crippen LogP contribution in [0.15, 0.2) is 12.7 Å². The monoisotopic (exact) mass is 311 g/mol. The number of nitrogens with zero attached hydrogens (tertiary/aromatic N) is 3. The summed E-state index contributed by atoms with van der Waals surface area (Å²) in [6, 6.07) is 0. The summed E-state index contributed by atoms with van der Waals surface area (Å²) >= 11 is 0. The van der Waals surface area contributed by atoms with Crippen LogP contribution in [0, 0.1) is 0 Å². The summed E-state index contributed by atoms with van der Waals surface area (Å²) in [5, 5.41) is 9.45. The molecule has 0 saturated heterocycles. The van der Waals surface area contributed by atoms with Crippen molar-refractivity contribution < 1.29 is 14.3 Å². The summed E-state index contributed by atoms with van der Waals surface area (Å²) in [7, 11) is 0. The molecule has 2 amide bonds. The lowest BCUT2D eigenvalue weighted by atomic mass is 10.1. The minimum absolute atomic E-state index is 0.119. The average molecular weight is 311 g/mol. The van der Waals surface area contributed by atoms with Gasteiger partial charge in [0, 0.05) is 13.0 Å². The van der Waals surface area contributed by atoms with E-state index in [4.69, 9.17) is 4.74 Å². The molecule has 0 radical (unpaired) electrons. The van der Waals surface area contributed by atoms with Gasteiger partial charge in [0.15, 0.2) is 0 Å². The Morgan fingerprint density at radius 3 is 2.45 bits per heavy atom. The molecule has 1 aromatic heterocycles. The van der Waals surface area contributed by atoms with Crippen LogP contribution in [0.5, 0.6) is 0 Å². The molecular formula is C14H25N5O3. The van der Waals surface area contributed by atoms with Crippen LogP contribution in [-0.2, 0) is 16.1 Å². The Balaban J connectivity index is 2.33. The standard InChI is InChI=1S/C14H25N5O3/c1-13(2,3)22-12(21)16-8-14(4,5)18-11(20)6-7-19-10-15-9-17-19/h9-10H,6-8H2,1-5H3,(H,16,21)(H,18,20). The highest BCUT2D eigenvalue weighted by Crippen LogP contribution is 2.07. The van der Waals surface area contributed by atoms with Crippen molar-refractivity contribution in [1.82, 2.24) is 25.4 Å². The Kier molecular flexibility index (Phi) is 5.90. The van der Waals surface area contributed by atoms with Crippen molar-refractivity contribution in [2.24, 2.45) is 0 Å². The summed E-state index contributed by atoms with van der Waals surface area (Å²) in [6.07, 6.45) is 2.77. The molecule has 1 rings (SSSR count). The third-order valence-electron chi connectivity index (χ3n) is 2.59. The summed E-state index contributed by atoms with van der Waals surface area (Å²) in [5.74, 6) is -0.119. The molecular weight excluding hydrogens is 286 g/mol. The fourth-order valence-corrected chi connectivity index (χ4v) is 1.66. The number of hydrogen-bond acceptors (Lipinski definition) is 5. The highest BCUT2D eigenvalue weighted by Gasteiger charge is 2.23. The van der Waals surface area contributed by atoms with Gasteiger partial charge in [0.2, 0.25) is 5.91 Å². The lowest BCUT2D eigenvalue weighted by Crippen LogP contribution is -2.52. The highest BCUT2D eigenvalue weighted by molar-refractivity contribution is 5.76. The summed E-state index contributed by atoms with van der Waals surface area (Å²) < 4.78 is 6.74. The Morgan fingerprint density at radius 2 is 1.91 bits per heavy atom. The van der Waals surface area contributed by atoms with E-state index in [1.165, 1.54) is 6.33 Å². The van der Waals surface area contributed by atoms with Crippen LogP contribution in [0.1, 0.15) is 41.0 Å². The predicted octanol–water partition coefficient (Wildman–Crippen LogP) is 1.09. The van der Waals surface area contributed by atoms with Gasteiger partial charge in [-0.1, -0.05) is 0 Å². The van der Waals surface area contributed by atoms with Crippen LogP contribution in [0.4, 0.5) is 4.79 Å². The van der Waals surface area contributed by atoms with E-state index in [1.807, 2.05) is 13.8 Å². The lowest BCUT2D eigenvalue weighted by molar-refractivity contribution is -0.122. The average Bonchev–Trinajstić information content (AvgIpc) is 2.84. The minimum atomic E-state index is -0.573. The number of nitrogens with one attached hydrogen (secondary N) is 2. The molecule has 1 aromatic rings. The molecule has 124 valence electrons. The Bertz CT molecular complexity index is 491. The van der Waals surface area contributed by atoms with Crippen molar-refractivity contribution in [3.8, 4) is 0 Å². The molecule has 0 bridgehead atoms. The predicted molar refractivity (Wildman–Crippen MR) is 81.1 cm³/mol. The van der Waals surface area contributed by atoms with E-state index in [-0.39, 0.29) is 12.5 Å². The van der Waals surface area contributed by atoms with Crippen LogP contribution in [-0.4, -0.2) is 44.4 Å². The SMILES string of the molecule is CC(C)(CNC(=O)OC(C)(C)C)NC(=O)CCn1cncn1. The van der Waals surface area contributed by atoms with Crippen LogP contribution < -0.4 is 10.6 Å². The second-order valence-electron chi connectivity index (χ2n) is 6.70. The summed E-state index contributed by atoms with van der Waals surface area (Å²) in [6.45, 7) is 9.78. The maximum Gasteiger partial charge on any atom is 0.407 e. The number of ether oxygens (including phenoxy) is 1.